The summed E-state index contributed by atoms with van der Waals surface area (Å²) >= 11 is 0. The molecule has 0 fully saturated rings. The molecule has 0 aliphatic rings. The molecule has 4 nitrogen and oxygen atoms in total. The Morgan fingerprint density at radius 1 is 1.05 bits per heavy atom. The maximum Gasteiger partial charge on any atom is 0.161 e. The van der Waals surface area contributed by atoms with Gasteiger partial charge in [0.2, 0.25) is 0 Å². The lowest BCUT2D eigenvalue weighted by Crippen LogP contribution is -1.98. The van der Waals surface area contributed by atoms with Crippen molar-refractivity contribution in [3.05, 3.63) is 53.6 Å². The van der Waals surface area contributed by atoms with Crippen LogP contribution in [-0.4, -0.2) is 18.4 Å². The number of benzene rings is 2. The van der Waals surface area contributed by atoms with Crippen LogP contribution in [0.1, 0.15) is 11.1 Å². The average Bonchev–Trinajstić information content (AvgIpc) is 2.54. The molecular formula is C16H15NO3S. The van der Waals surface area contributed by atoms with Crippen LogP contribution in [0.5, 0.6) is 11.5 Å². The summed E-state index contributed by atoms with van der Waals surface area (Å²) in [6.45, 7) is 0. The van der Waals surface area contributed by atoms with E-state index in [9.17, 15) is 4.21 Å². The number of hydrogen-bond donors (Lipinski definition) is 0. The largest absolute Gasteiger partial charge is 0.493 e. The molecule has 0 aliphatic carbocycles. The van der Waals surface area contributed by atoms with Crippen LogP contribution >= 0.6 is 0 Å². The molecule has 0 spiro atoms. The normalized spacial score (nSPS) is 11.5. The molecule has 0 saturated heterocycles. The first-order valence-electron chi connectivity index (χ1n) is 6.27. The minimum atomic E-state index is -1.18. The smallest absolute Gasteiger partial charge is 0.161 e. The van der Waals surface area contributed by atoms with Gasteiger partial charge in [-0.05, 0) is 29.8 Å². The molecule has 2 aromatic carbocycles. The summed E-state index contributed by atoms with van der Waals surface area (Å²) in [5.74, 6) is 1.56. The fourth-order valence-electron chi connectivity index (χ4n) is 1.87. The molecular weight excluding hydrogens is 286 g/mol. The van der Waals surface area contributed by atoms with E-state index in [1.54, 1.807) is 44.6 Å². The molecule has 0 radical (unpaired) electrons. The van der Waals surface area contributed by atoms with Gasteiger partial charge in [-0.15, -0.1) is 0 Å². The van der Waals surface area contributed by atoms with Crippen molar-refractivity contribution < 1.29 is 13.7 Å². The van der Waals surface area contributed by atoms with Gasteiger partial charge in [-0.1, -0.05) is 12.1 Å². The fraction of sp³-hybridized carbons (Fsp3) is 0.188. The highest BCUT2D eigenvalue weighted by Gasteiger charge is 2.10. The van der Waals surface area contributed by atoms with Gasteiger partial charge in [0.15, 0.2) is 11.5 Å². The van der Waals surface area contributed by atoms with Crippen molar-refractivity contribution in [2.24, 2.45) is 0 Å². The maximum absolute atomic E-state index is 12.4. The van der Waals surface area contributed by atoms with Crippen LogP contribution < -0.4 is 9.47 Å². The van der Waals surface area contributed by atoms with Gasteiger partial charge in [0.1, 0.15) is 0 Å². The van der Waals surface area contributed by atoms with E-state index in [2.05, 4.69) is 6.07 Å². The lowest BCUT2D eigenvalue weighted by atomic mass is 10.2. The Balaban J connectivity index is 2.18. The summed E-state index contributed by atoms with van der Waals surface area (Å²) < 4.78 is 22.8. The second-order valence-corrected chi connectivity index (χ2v) is 5.77. The van der Waals surface area contributed by atoms with E-state index in [1.165, 1.54) is 0 Å². The molecule has 1 atom stereocenters. The van der Waals surface area contributed by atoms with Crippen LogP contribution in [0.4, 0.5) is 0 Å². The van der Waals surface area contributed by atoms with Crippen molar-refractivity contribution in [2.45, 2.75) is 10.6 Å². The van der Waals surface area contributed by atoms with Gasteiger partial charge in [0.25, 0.3) is 0 Å². The summed E-state index contributed by atoms with van der Waals surface area (Å²) in [5.41, 5.74) is 1.51. The van der Waals surface area contributed by atoms with Crippen LogP contribution in [0.25, 0.3) is 0 Å². The zero-order chi connectivity index (χ0) is 15.2. The molecule has 0 amide bonds. The summed E-state index contributed by atoms with van der Waals surface area (Å²) in [5, 5.41) is 8.76. The second-order valence-electron chi connectivity index (χ2n) is 4.32. The Hall–Kier alpha value is -2.32. The molecule has 0 aromatic heterocycles. The van der Waals surface area contributed by atoms with E-state index in [1.807, 2.05) is 12.1 Å². The van der Waals surface area contributed by atoms with Crippen molar-refractivity contribution in [2.75, 3.05) is 14.2 Å². The van der Waals surface area contributed by atoms with Crippen molar-refractivity contribution >= 4 is 10.8 Å². The van der Waals surface area contributed by atoms with Crippen molar-refractivity contribution in [1.29, 1.82) is 5.26 Å². The summed E-state index contributed by atoms with van der Waals surface area (Å²) in [7, 11) is 1.92. The van der Waals surface area contributed by atoms with Gasteiger partial charge in [-0.3, -0.25) is 4.21 Å². The van der Waals surface area contributed by atoms with Crippen LogP contribution in [0.3, 0.4) is 0 Å². The molecule has 108 valence electrons. The van der Waals surface area contributed by atoms with E-state index < -0.39 is 10.8 Å². The third kappa shape index (κ3) is 3.61. The molecule has 2 aromatic rings. The number of nitrogens with zero attached hydrogens (tertiary/aromatic N) is 1. The highest BCUT2D eigenvalue weighted by atomic mass is 32.2. The van der Waals surface area contributed by atoms with E-state index >= 15 is 0 Å². The van der Waals surface area contributed by atoms with Gasteiger partial charge < -0.3 is 9.47 Å². The van der Waals surface area contributed by atoms with Crippen molar-refractivity contribution in [3.8, 4) is 17.6 Å². The summed E-state index contributed by atoms with van der Waals surface area (Å²) in [6, 6.07) is 14.4. The van der Waals surface area contributed by atoms with E-state index in [-0.39, 0.29) is 0 Å². The van der Waals surface area contributed by atoms with E-state index in [0.717, 1.165) is 5.56 Å². The second kappa shape index (κ2) is 6.91. The Morgan fingerprint density at radius 3 is 2.29 bits per heavy atom. The molecule has 0 unspecified atom stereocenters. The Morgan fingerprint density at radius 2 is 1.71 bits per heavy atom. The first kappa shape index (κ1) is 15.1. The SMILES string of the molecule is COc1ccc([S@](=O)Cc2ccc(C#N)cc2)cc1OC. The van der Waals surface area contributed by atoms with Gasteiger partial charge in [0, 0.05) is 11.0 Å². The van der Waals surface area contributed by atoms with Gasteiger partial charge >= 0.3 is 0 Å². The molecule has 2 rings (SSSR count). The molecule has 0 heterocycles. The van der Waals surface area contributed by atoms with E-state index in [4.69, 9.17) is 14.7 Å². The van der Waals surface area contributed by atoms with Crippen molar-refractivity contribution in [1.82, 2.24) is 0 Å². The molecule has 5 heteroatoms. The first-order valence-corrected chi connectivity index (χ1v) is 7.59. The fourth-order valence-corrected chi connectivity index (χ4v) is 2.99. The third-order valence-electron chi connectivity index (χ3n) is 3.00. The van der Waals surface area contributed by atoms with Crippen LogP contribution in [0.15, 0.2) is 47.4 Å². The number of ether oxygens (including phenoxy) is 2. The minimum absolute atomic E-state index is 0.390. The zero-order valence-electron chi connectivity index (χ0n) is 11.8. The zero-order valence-corrected chi connectivity index (χ0v) is 12.6. The van der Waals surface area contributed by atoms with E-state index in [0.29, 0.717) is 27.7 Å². The Labute approximate surface area is 126 Å². The first-order chi connectivity index (χ1) is 10.2. The van der Waals surface area contributed by atoms with Gasteiger partial charge in [-0.2, -0.15) is 5.26 Å². The number of rotatable bonds is 5. The minimum Gasteiger partial charge on any atom is -0.493 e. The Bertz CT molecular complexity index is 690. The maximum atomic E-state index is 12.4. The lowest BCUT2D eigenvalue weighted by Gasteiger charge is -2.09. The van der Waals surface area contributed by atoms with Crippen molar-refractivity contribution in [3.63, 3.8) is 0 Å². The lowest BCUT2D eigenvalue weighted by molar-refractivity contribution is 0.354. The molecule has 0 saturated carbocycles. The van der Waals surface area contributed by atoms with Gasteiger partial charge in [-0.25, -0.2) is 0 Å². The highest BCUT2D eigenvalue weighted by Crippen LogP contribution is 2.29. The predicted octanol–water partition coefficient (Wildman–Crippen LogP) is 2.88. The average molecular weight is 301 g/mol. The predicted molar refractivity (Wildman–Crippen MR) is 80.8 cm³/mol. The van der Waals surface area contributed by atoms with Crippen LogP contribution in [0.2, 0.25) is 0 Å². The van der Waals surface area contributed by atoms with Crippen LogP contribution in [0, 0.1) is 11.3 Å². The molecule has 0 N–H and O–H groups in total. The summed E-state index contributed by atoms with van der Waals surface area (Å²) in [6.07, 6.45) is 0. The third-order valence-corrected chi connectivity index (χ3v) is 4.37. The molecule has 0 bridgehead atoms. The number of hydrogen-bond acceptors (Lipinski definition) is 4. The van der Waals surface area contributed by atoms with Gasteiger partial charge in [0.05, 0.1) is 42.4 Å². The molecule has 0 aliphatic heterocycles. The standard InChI is InChI=1S/C16H15NO3S/c1-19-15-8-7-14(9-16(15)20-2)21(18)11-13-5-3-12(10-17)4-6-13/h3-9H,11H2,1-2H3/t21-/m1/s1. The van der Waals surface area contributed by atoms with Crippen LogP contribution in [-0.2, 0) is 16.6 Å². The topological polar surface area (TPSA) is 59.3 Å². The summed E-state index contributed by atoms with van der Waals surface area (Å²) in [4.78, 5) is 0.678. The quantitative estimate of drug-likeness (QED) is 0.852. The number of nitriles is 1. The molecule has 21 heavy (non-hydrogen) atoms. The Kier molecular flexibility index (Phi) is 4.96. The highest BCUT2D eigenvalue weighted by molar-refractivity contribution is 7.84. The number of methoxy groups -OCH3 is 2. The monoisotopic (exact) mass is 301 g/mol.